The second kappa shape index (κ2) is 6.39. The molecule has 1 N–H and O–H groups in total. The Morgan fingerprint density at radius 1 is 1.50 bits per heavy atom. The first kappa shape index (κ1) is 14.3. The Bertz CT molecular complexity index is 556. The van der Waals surface area contributed by atoms with Crippen molar-refractivity contribution in [2.75, 3.05) is 23.0 Å². The first-order chi connectivity index (χ1) is 9.61. The maximum Gasteiger partial charge on any atom is 0.251 e. The summed E-state index contributed by atoms with van der Waals surface area (Å²) in [7, 11) is 0. The van der Waals surface area contributed by atoms with Crippen LogP contribution >= 0.6 is 11.8 Å². The molecule has 104 valence electrons. The van der Waals surface area contributed by atoms with E-state index in [1.165, 1.54) is 40.9 Å². The van der Waals surface area contributed by atoms with E-state index in [2.05, 4.69) is 5.32 Å². The molecule has 2 amide bonds. The molecule has 1 heterocycles. The minimum Gasteiger partial charge on any atom is -0.342 e. The summed E-state index contributed by atoms with van der Waals surface area (Å²) in [5.41, 5.74) is 0.612. The minimum atomic E-state index is -0.532. The van der Waals surface area contributed by atoms with Crippen LogP contribution < -0.4 is 10.2 Å². The third-order valence-electron chi connectivity index (χ3n) is 2.80. The van der Waals surface area contributed by atoms with Crippen molar-refractivity contribution in [1.82, 2.24) is 5.32 Å². The molecule has 1 unspecified atom stereocenters. The second-order valence-corrected chi connectivity index (χ2v) is 5.18. The number of carbonyl (C=O) groups is 2. The zero-order chi connectivity index (χ0) is 14.5. The summed E-state index contributed by atoms with van der Waals surface area (Å²) in [5.74, 6) is -0.430. The van der Waals surface area contributed by atoms with E-state index in [1.54, 1.807) is 0 Å². The summed E-state index contributed by atoms with van der Waals surface area (Å²) < 4.78 is 12.8. The number of hydrogen-bond acceptors (Lipinski definition) is 4. The first-order valence-electron chi connectivity index (χ1n) is 5.93. The molecule has 1 aromatic carbocycles. The van der Waals surface area contributed by atoms with Crippen LogP contribution in [-0.2, 0) is 9.59 Å². The smallest absolute Gasteiger partial charge is 0.251 e. The van der Waals surface area contributed by atoms with Gasteiger partial charge in [-0.1, -0.05) is 0 Å². The molecular formula is C13H12FN3O2S. The van der Waals surface area contributed by atoms with Crippen molar-refractivity contribution in [1.29, 1.82) is 5.26 Å². The van der Waals surface area contributed by atoms with Gasteiger partial charge in [0.1, 0.15) is 11.9 Å². The highest BCUT2D eigenvalue weighted by Gasteiger charge is 2.38. The summed E-state index contributed by atoms with van der Waals surface area (Å²) >= 11 is 1.20. The maximum absolute atomic E-state index is 12.8. The lowest BCUT2D eigenvalue weighted by molar-refractivity contribution is -0.129. The number of carbonyl (C=O) groups excluding carboxylic acids is 2. The molecule has 5 nitrogen and oxygen atoms in total. The average Bonchev–Trinajstić information content (AvgIpc) is 2.44. The molecule has 20 heavy (non-hydrogen) atoms. The summed E-state index contributed by atoms with van der Waals surface area (Å²) in [6, 6.07) is 7.00. The van der Waals surface area contributed by atoms with Crippen LogP contribution in [0.2, 0.25) is 0 Å². The topological polar surface area (TPSA) is 73.2 Å². The lowest BCUT2D eigenvalue weighted by atomic mass is 10.1. The van der Waals surface area contributed by atoms with Gasteiger partial charge in [-0.25, -0.2) is 4.39 Å². The molecule has 7 heteroatoms. The largest absolute Gasteiger partial charge is 0.342 e. The van der Waals surface area contributed by atoms with Crippen LogP contribution in [0.25, 0.3) is 0 Å². The number of halogens is 1. The minimum absolute atomic E-state index is 0.161. The third-order valence-corrected chi connectivity index (χ3v) is 3.60. The molecule has 0 spiro atoms. The normalized spacial score (nSPS) is 17.3. The van der Waals surface area contributed by atoms with Crippen LogP contribution in [0, 0.1) is 17.1 Å². The highest BCUT2D eigenvalue weighted by molar-refractivity contribution is 8.00. The lowest BCUT2D eigenvalue weighted by Crippen LogP contribution is -2.64. The molecule has 1 aliphatic rings. The number of anilines is 1. The van der Waals surface area contributed by atoms with Gasteiger partial charge >= 0.3 is 0 Å². The zero-order valence-electron chi connectivity index (χ0n) is 10.5. The summed E-state index contributed by atoms with van der Waals surface area (Å²) in [4.78, 5) is 24.8. The maximum atomic E-state index is 12.8. The molecule has 1 saturated heterocycles. The molecule has 1 fully saturated rings. The van der Waals surface area contributed by atoms with Crippen LogP contribution in [0.1, 0.15) is 0 Å². The van der Waals surface area contributed by atoms with Gasteiger partial charge in [-0.15, -0.1) is 11.8 Å². The van der Waals surface area contributed by atoms with E-state index >= 15 is 0 Å². The predicted molar refractivity (Wildman–Crippen MR) is 73.6 cm³/mol. The van der Waals surface area contributed by atoms with Crippen molar-refractivity contribution >= 4 is 29.3 Å². The van der Waals surface area contributed by atoms with E-state index < -0.39 is 6.04 Å². The van der Waals surface area contributed by atoms with Crippen LogP contribution in [0.4, 0.5) is 10.1 Å². The zero-order valence-corrected chi connectivity index (χ0v) is 11.3. The highest BCUT2D eigenvalue weighted by atomic mass is 32.2. The van der Waals surface area contributed by atoms with Gasteiger partial charge in [-0.05, 0) is 24.3 Å². The number of nitrogens with one attached hydrogen (secondary N) is 1. The lowest BCUT2D eigenvalue weighted by Gasteiger charge is -2.38. The molecular weight excluding hydrogens is 281 g/mol. The average molecular weight is 293 g/mol. The van der Waals surface area contributed by atoms with Gasteiger partial charge in [-0.3, -0.25) is 9.59 Å². The Hall–Kier alpha value is -2.07. The van der Waals surface area contributed by atoms with Crippen molar-refractivity contribution in [2.24, 2.45) is 0 Å². The number of benzene rings is 1. The van der Waals surface area contributed by atoms with E-state index in [-0.39, 0.29) is 29.1 Å². The fourth-order valence-electron chi connectivity index (χ4n) is 1.81. The van der Waals surface area contributed by atoms with Gasteiger partial charge in [0.2, 0.25) is 5.91 Å². The van der Waals surface area contributed by atoms with Gasteiger partial charge < -0.3 is 10.2 Å². The number of nitriles is 1. The molecule has 1 aromatic rings. The van der Waals surface area contributed by atoms with E-state index in [4.69, 9.17) is 5.26 Å². The number of β-lactam (4-membered cyclic amide) rings is 1. The number of amides is 2. The fraction of sp³-hybridized carbons (Fsp3) is 0.308. The first-order valence-corrected chi connectivity index (χ1v) is 7.08. The van der Waals surface area contributed by atoms with E-state index in [0.717, 1.165) is 0 Å². The predicted octanol–water partition coefficient (Wildman–Crippen LogP) is 0.914. The van der Waals surface area contributed by atoms with Crippen molar-refractivity contribution in [3.63, 3.8) is 0 Å². The quantitative estimate of drug-likeness (QED) is 0.647. The Morgan fingerprint density at radius 2 is 2.20 bits per heavy atom. The summed E-state index contributed by atoms with van der Waals surface area (Å²) in [5, 5.41) is 11.0. The number of hydrogen-bond donors (Lipinski definition) is 1. The highest BCUT2D eigenvalue weighted by Crippen LogP contribution is 2.22. The monoisotopic (exact) mass is 293 g/mol. The molecule has 0 radical (unpaired) electrons. The number of rotatable bonds is 5. The van der Waals surface area contributed by atoms with Crippen molar-refractivity contribution in [3.05, 3.63) is 30.1 Å². The second-order valence-electron chi connectivity index (χ2n) is 4.20. The van der Waals surface area contributed by atoms with Gasteiger partial charge in [0.15, 0.2) is 0 Å². The summed E-state index contributed by atoms with van der Waals surface area (Å²) in [6.07, 6.45) is 0. The molecule has 0 aromatic heterocycles. The molecule has 0 aliphatic carbocycles. The van der Waals surface area contributed by atoms with Crippen LogP contribution in [-0.4, -0.2) is 35.9 Å². The van der Waals surface area contributed by atoms with Crippen molar-refractivity contribution in [3.8, 4) is 6.07 Å². The van der Waals surface area contributed by atoms with Crippen molar-refractivity contribution < 1.29 is 14.0 Å². The fourth-order valence-corrected chi connectivity index (χ4v) is 2.27. The molecule has 0 bridgehead atoms. The van der Waals surface area contributed by atoms with E-state index in [1.807, 2.05) is 6.07 Å². The molecule has 1 atom stereocenters. The van der Waals surface area contributed by atoms with Gasteiger partial charge in [0.05, 0.1) is 24.1 Å². The van der Waals surface area contributed by atoms with E-state index in [9.17, 15) is 14.0 Å². The Balaban J connectivity index is 1.82. The van der Waals surface area contributed by atoms with Gasteiger partial charge in [-0.2, -0.15) is 5.26 Å². The molecule has 1 aliphatic heterocycles. The Kier molecular flexibility index (Phi) is 4.58. The van der Waals surface area contributed by atoms with Crippen LogP contribution in [0.3, 0.4) is 0 Å². The standard InChI is InChI=1S/C13H12FN3O2S/c14-9-1-3-10(4-2-9)17-7-11(13(17)19)16-12(18)8-20-6-5-15/h1-4,11H,6-8H2,(H,16,18). The van der Waals surface area contributed by atoms with Gasteiger partial charge in [0, 0.05) is 5.69 Å². The number of nitrogens with zero attached hydrogens (tertiary/aromatic N) is 2. The SMILES string of the molecule is N#CCSCC(=O)NC1CN(c2ccc(F)cc2)C1=O. The third kappa shape index (κ3) is 3.27. The number of thioether (sulfide) groups is 1. The Morgan fingerprint density at radius 3 is 2.80 bits per heavy atom. The molecule has 0 saturated carbocycles. The molecule has 2 rings (SSSR count). The van der Waals surface area contributed by atoms with Crippen LogP contribution in [0.15, 0.2) is 24.3 Å². The van der Waals surface area contributed by atoms with Crippen molar-refractivity contribution in [2.45, 2.75) is 6.04 Å². The summed E-state index contributed by atoms with van der Waals surface area (Å²) in [6.45, 7) is 0.374. The van der Waals surface area contributed by atoms with Crippen LogP contribution in [0.5, 0.6) is 0 Å². The van der Waals surface area contributed by atoms with Gasteiger partial charge in [0.25, 0.3) is 5.91 Å². The van der Waals surface area contributed by atoms with E-state index in [0.29, 0.717) is 12.2 Å². The Labute approximate surface area is 119 Å².